The molecule has 24 heavy (non-hydrogen) atoms. The van der Waals surface area contributed by atoms with Gasteiger partial charge < -0.3 is 20.1 Å². The molecule has 0 radical (unpaired) electrons. The molecule has 0 bridgehead atoms. The van der Waals surface area contributed by atoms with Gasteiger partial charge in [0.2, 0.25) is 0 Å². The summed E-state index contributed by atoms with van der Waals surface area (Å²) in [7, 11) is 0. The Bertz CT molecular complexity index is 782. The molecule has 0 fully saturated rings. The first-order valence-electron chi connectivity index (χ1n) is 7.24. The Morgan fingerprint density at radius 2 is 2.08 bits per heavy atom. The molecule has 0 aliphatic rings. The quantitative estimate of drug-likeness (QED) is 0.626. The van der Waals surface area contributed by atoms with Crippen molar-refractivity contribution in [2.75, 3.05) is 0 Å². The maximum Gasteiger partial charge on any atom is 0.408 e. The van der Waals surface area contributed by atoms with Gasteiger partial charge in [0, 0.05) is 27.1 Å². The Morgan fingerprint density at radius 1 is 1.42 bits per heavy atom. The fourth-order valence-electron chi connectivity index (χ4n) is 2.21. The molecule has 6 nitrogen and oxygen atoms in total. The summed E-state index contributed by atoms with van der Waals surface area (Å²) in [4.78, 5) is 26.2. The van der Waals surface area contributed by atoms with Crippen LogP contribution in [0.15, 0.2) is 18.3 Å². The summed E-state index contributed by atoms with van der Waals surface area (Å²) in [6.45, 7) is 5.08. The van der Waals surface area contributed by atoms with E-state index in [4.69, 9.17) is 4.74 Å². The van der Waals surface area contributed by atoms with Crippen molar-refractivity contribution < 1.29 is 23.8 Å². The maximum absolute atomic E-state index is 13.6. The molecule has 1 unspecified atom stereocenters. The van der Waals surface area contributed by atoms with Crippen LogP contribution < -0.4 is 5.32 Å². The summed E-state index contributed by atoms with van der Waals surface area (Å²) in [6, 6.07) is 1.85. The van der Waals surface area contributed by atoms with E-state index in [1.807, 2.05) is 22.6 Å². The van der Waals surface area contributed by atoms with E-state index in [-0.39, 0.29) is 12.2 Å². The number of fused-ring (bicyclic) bond motifs is 1. The molecular weight excluding hydrogens is 430 g/mol. The Balaban J connectivity index is 2.21. The van der Waals surface area contributed by atoms with Gasteiger partial charge in [-0.3, -0.25) is 0 Å². The van der Waals surface area contributed by atoms with Gasteiger partial charge in [-0.05, 0) is 61.1 Å². The van der Waals surface area contributed by atoms with Crippen LogP contribution >= 0.6 is 22.6 Å². The molecule has 0 aliphatic heterocycles. The molecule has 0 spiro atoms. The maximum atomic E-state index is 13.6. The number of rotatable bonds is 4. The molecule has 3 N–H and O–H groups in total. The van der Waals surface area contributed by atoms with Crippen molar-refractivity contribution in [3.63, 3.8) is 0 Å². The largest absolute Gasteiger partial charge is 0.480 e. The predicted octanol–water partition coefficient (Wildman–Crippen LogP) is 3.43. The molecule has 0 aliphatic carbocycles. The number of amides is 1. The van der Waals surface area contributed by atoms with Gasteiger partial charge in [-0.25, -0.2) is 14.0 Å². The number of hydrogen-bond donors (Lipinski definition) is 3. The lowest BCUT2D eigenvalue weighted by Crippen LogP contribution is -2.44. The fraction of sp³-hybridized carbons (Fsp3) is 0.375. The van der Waals surface area contributed by atoms with Crippen LogP contribution in [0.5, 0.6) is 0 Å². The number of carboxylic acid groups (broad SMARTS) is 1. The summed E-state index contributed by atoms with van der Waals surface area (Å²) in [5, 5.41) is 12.4. The smallest absolute Gasteiger partial charge is 0.408 e. The monoisotopic (exact) mass is 448 g/mol. The first kappa shape index (κ1) is 18.5. The lowest BCUT2D eigenvalue weighted by molar-refractivity contribution is -0.139. The number of alkyl carbamates (subject to hydrolysis) is 1. The normalized spacial score (nSPS) is 12.9. The molecule has 0 saturated heterocycles. The van der Waals surface area contributed by atoms with Crippen LogP contribution in [-0.4, -0.2) is 33.8 Å². The number of nitrogens with one attached hydrogen (secondary N) is 2. The summed E-state index contributed by atoms with van der Waals surface area (Å²) in [5.74, 6) is -1.52. The van der Waals surface area contributed by atoms with E-state index < -0.39 is 23.7 Å². The first-order valence-corrected chi connectivity index (χ1v) is 8.32. The highest BCUT2D eigenvalue weighted by Gasteiger charge is 2.25. The van der Waals surface area contributed by atoms with Crippen molar-refractivity contribution in [2.24, 2.45) is 0 Å². The number of benzene rings is 1. The molecule has 1 atom stereocenters. The van der Waals surface area contributed by atoms with Gasteiger partial charge in [0.15, 0.2) is 0 Å². The fourth-order valence-corrected chi connectivity index (χ4v) is 2.68. The molecule has 1 heterocycles. The first-order chi connectivity index (χ1) is 11.1. The number of aliphatic carboxylic acids is 1. The highest BCUT2D eigenvalue weighted by atomic mass is 127. The summed E-state index contributed by atoms with van der Waals surface area (Å²) < 4.78 is 19.1. The molecule has 130 valence electrons. The van der Waals surface area contributed by atoms with E-state index in [1.54, 1.807) is 33.0 Å². The number of carbonyl (C=O) groups is 2. The summed E-state index contributed by atoms with van der Waals surface area (Å²) in [6.07, 6.45) is 0.874. The number of aromatic amines is 1. The Morgan fingerprint density at radius 3 is 2.67 bits per heavy atom. The number of H-pyrrole nitrogens is 1. The summed E-state index contributed by atoms with van der Waals surface area (Å²) in [5.41, 5.74) is 0.525. The lowest BCUT2D eigenvalue weighted by atomic mass is 10.1. The van der Waals surface area contributed by atoms with E-state index in [1.165, 1.54) is 6.07 Å². The molecular formula is C16H18FIN2O4. The van der Waals surface area contributed by atoms with Crippen molar-refractivity contribution >= 4 is 45.6 Å². The van der Waals surface area contributed by atoms with E-state index in [2.05, 4.69) is 10.3 Å². The number of hydrogen-bond acceptors (Lipinski definition) is 3. The minimum Gasteiger partial charge on any atom is -0.480 e. The molecule has 1 aromatic heterocycles. The van der Waals surface area contributed by atoms with Crippen molar-refractivity contribution in [1.82, 2.24) is 10.3 Å². The molecule has 2 aromatic rings. The number of carbonyl (C=O) groups excluding carboxylic acids is 1. The molecule has 0 saturated carbocycles. The minimum atomic E-state index is -1.17. The second kappa shape index (κ2) is 6.96. The zero-order valence-electron chi connectivity index (χ0n) is 13.4. The Hall–Kier alpha value is -1.84. The van der Waals surface area contributed by atoms with E-state index in [0.29, 0.717) is 14.7 Å². The highest BCUT2D eigenvalue weighted by molar-refractivity contribution is 14.1. The zero-order chi connectivity index (χ0) is 18.1. The van der Waals surface area contributed by atoms with Gasteiger partial charge in [-0.15, -0.1) is 0 Å². The third-order valence-corrected chi connectivity index (χ3v) is 4.05. The van der Waals surface area contributed by atoms with E-state index in [9.17, 15) is 19.1 Å². The average Bonchev–Trinajstić information content (AvgIpc) is 2.79. The molecule has 1 aromatic carbocycles. The van der Waals surface area contributed by atoms with Crippen LogP contribution in [0.1, 0.15) is 26.3 Å². The average molecular weight is 448 g/mol. The van der Waals surface area contributed by atoms with Crippen molar-refractivity contribution in [3.8, 4) is 0 Å². The van der Waals surface area contributed by atoms with Gasteiger partial charge >= 0.3 is 12.1 Å². The highest BCUT2D eigenvalue weighted by Crippen LogP contribution is 2.24. The van der Waals surface area contributed by atoms with Crippen molar-refractivity contribution in [1.29, 1.82) is 0 Å². The van der Waals surface area contributed by atoms with E-state index >= 15 is 0 Å². The number of halogens is 2. The van der Waals surface area contributed by atoms with Gasteiger partial charge in [0.1, 0.15) is 17.5 Å². The minimum absolute atomic E-state index is 0.0519. The van der Waals surface area contributed by atoms with Crippen LogP contribution in [0.4, 0.5) is 9.18 Å². The number of aromatic nitrogens is 1. The number of carboxylic acids is 1. The van der Waals surface area contributed by atoms with Crippen LogP contribution in [0.2, 0.25) is 0 Å². The third kappa shape index (κ3) is 4.59. The molecule has 1 amide bonds. The standard InChI is InChI=1S/C16H18FIN2O4/c1-16(2,3)24-15(23)20-13(14(21)22)4-8-7-19-12-6-10(17)11(18)5-9(8)12/h5-7,13,19H,4H2,1-3H3,(H,20,23)(H,21,22). The SMILES string of the molecule is CC(C)(C)OC(=O)NC(Cc1c[nH]c2cc(F)c(I)cc12)C(=O)O. The zero-order valence-corrected chi connectivity index (χ0v) is 15.6. The Labute approximate surface area is 151 Å². The molecule has 2 rings (SSSR count). The molecule has 8 heteroatoms. The van der Waals surface area contributed by atoms with Crippen LogP contribution in [0, 0.1) is 9.39 Å². The van der Waals surface area contributed by atoms with Gasteiger partial charge in [-0.1, -0.05) is 0 Å². The lowest BCUT2D eigenvalue weighted by Gasteiger charge is -2.22. The van der Waals surface area contributed by atoms with Crippen molar-refractivity contribution in [3.05, 3.63) is 33.3 Å². The van der Waals surface area contributed by atoms with Crippen molar-refractivity contribution in [2.45, 2.75) is 38.8 Å². The topological polar surface area (TPSA) is 91.4 Å². The van der Waals surface area contributed by atoms with Crippen LogP contribution in [0.3, 0.4) is 0 Å². The van der Waals surface area contributed by atoms with Gasteiger partial charge in [0.25, 0.3) is 0 Å². The van der Waals surface area contributed by atoms with Gasteiger partial charge in [-0.2, -0.15) is 0 Å². The van der Waals surface area contributed by atoms with Crippen LogP contribution in [0.25, 0.3) is 10.9 Å². The third-order valence-electron chi connectivity index (χ3n) is 3.22. The second-order valence-electron chi connectivity index (χ2n) is 6.37. The van der Waals surface area contributed by atoms with Gasteiger partial charge in [0.05, 0.1) is 0 Å². The second-order valence-corrected chi connectivity index (χ2v) is 7.53. The Kier molecular flexibility index (Phi) is 5.36. The van der Waals surface area contributed by atoms with Crippen LogP contribution in [-0.2, 0) is 16.0 Å². The van der Waals surface area contributed by atoms with E-state index in [0.717, 1.165) is 5.39 Å². The predicted molar refractivity (Wildman–Crippen MR) is 95.5 cm³/mol. The number of ether oxygens (including phenoxy) is 1. The summed E-state index contributed by atoms with van der Waals surface area (Å²) >= 11 is 1.87.